The SMILES string of the molecule is O=c1[nH]c(=O)n(CCCCCCCCCCCO)cc1-c1ccccc1. The number of H-pyrrole nitrogens is 1. The van der Waals surface area contributed by atoms with Crippen molar-refractivity contribution in [1.29, 1.82) is 0 Å². The Labute approximate surface area is 154 Å². The van der Waals surface area contributed by atoms with E-state index in [9.17, 15) is 9.59 Å². The molecule has 5 heteroatoms. The number of aliphatic hydroxyl groups excluding tert-OH is 1. The summed E-state index contributed by atoms with van der Waals surface area (Å²) in [6.45, 7) is 0.933. The first-order chi connectivity index (χ1) is 12.7. The van der Waals surface area contributed by atoms with E-state index in [1.807, 2.05) is 30.3 Å². The zero-order valence-electron chi connectivity index (χ0n) is 15.5. The highest BCUT2D eigenvalue weighted by molar-refractivity contribution is 5.60. The minimum absolute atomic E-state index is 0.302. The van der Waals surface area contributed by atoms with Gasteiger partial charge in [-0.15, -0.1) is 0 Å². The van der Waals surface area contributed by atoms with Gasteiger partial charge < -0.3 is 5.11 Å². The molecule has 0 aliphatic heterocycles. The second-order valence-electron chi connectivity index (χ2n) is 6.77. The van der Waals surface area contributed by atoms with Gasteiger partial charge in [0.25, 0.3) is 5.56 Å². The van der Waals surface area contributed by atoms with Crippen LogP contribution >= 0.6 is 0 Å². The maximum absolute atomic E-state index is 12.1. The van der Waals surface area contributed by atoms with Crippen molar-refractivity contribution in [3.8, 4) is 11.1 Å². The van der Waals surface area contributed by atoms with Crippen molar-refractivity contribution in [3.05, 3.63) is 57.4 Å². The van der Waals surface area contributed by atoms with Crippen LogP contribution in [0.4, 0.5) is 0 Å². The summed E-state index contributed by atoms with van der Waals surface area (Å²) in [4.78, 5) is 26.5. The minimum atomic E-state index is -0.335. The fourth-order valence-electron chi connectivity index (χ4n) is 3.13. The molecule has 0 unspecified atom stereocenters. The number of aromatic amines is 1. The molecule has 142 valence electrons. The monoisotopic (exact) mass is 358 g/mol. The number of hydrogen-bond donors (Lipinski definition) is 2. The number of rotatable bonds is 12. The molecule has 0 fully saturated rings. The molecule has 0 amide bonds. The van der Waals surface area contributed by atoms with Crippen LogP contribution in [0.2, 0.25) is 0 Å². The van der Waals surface area contributed by atoms with Crippen molar-refractivity contribution < 1.29 is 5.11 Å². The Kier molecular flexibility index (Phi) is 8.90. The van der Waals surface area contributed by atoms with Crippen LogP contribution in [0.1, 0.15) is 57.8 Å². The molecule has 0 aliphatic rings. The molecule has 0 bridgehead atoms. The Morgan fingerprint density at radius 3 is 2.00 bits per heavy atom. The lowest BCUT2D eigenvalue weighted by atomic mass is 10.1. The molecular weight excluding hydrogens is 328 g/mol. The van der Waals surface area contributed by atoms with Gasteiger partial charge in [0.15, 0.2) is 0 Å². The predicted molar refractivity (Wildman–Crippen MR) is 105 cm³/mol. The Balaban J connectivity index is 1.76. The highest BCUT2D eigenvalue weighted by Gasteiger charge is 2.06. The zero-order valence-corrected chi connectivity index (χ0v) is 15.5. The van der Waals surface area contributed by atoms with E-state index in [0.717, 1.165) is 31.2 Å². The fraction of sp³-hybridized carbons (Fsp3) is 0.524. The standard InChI is InChI=1S/C21H30N2O3/c24-16-12-7-5-3-1-2-4-6-11-15-23-17-19(20(25)22-21(23)26)18-13-9-8-10-14-18/h8-10,13-14,17,24H,1-7,11-12,15-16H2,(H,22,25,26). The molecule has 26 heavy (non-hydrogen) atoms. The van der Waals surface area contributed by atoms with Crippen molar-refractivity contribution in [3.63, 3.8) is 0 Å². The molecule has 0 atom stereocenters. The lowest BCUT2D eigenvalue weighted by Gasteiger charge is -2.08. The van der Waals surface area contributed by atoms with Crippen LogP contribution in [-0.4, -0.2) is 21.3 Å². The van der Waals surface area contributed by atoms with Crippen LogP contribution < -0.4 is 11.2 Å². The van der Waals surface area contributed by atoms with Gasteiger partial charge >= 0.3 is 5.69 Å². The molecule has 5 nitrogen and oxygen atoms in total. The van der Waals surface area contributed by atoms with Gasteiger partial charge in [-0.05, 0) is 18.4 Å². The number of nitrogens with one attached hydrogen (secondary N) is 1. The molecule has 0 saturated heterocycles. The molecule has 1 aromatic carbocycles. The molecule has 0 aliphatic carbocycles. The van der Waals surface area contributed by atoms with E-state index in [1.54, 1.807) is 10.8 Å². The van der Waals surface area contributed by atoms with Gasteiger partial charge in [-0.1, -0.05) is 75.3 Å². The van der Waals surface area contributed by atoms with E-state index >= 15 is 0 Å². The molecule has 0 spiro atoms. The lowest BCUT2D eigenvalue weighted by Crippen LogP contribution is -2.30. The van der Waals surface area contributed by atoms with Gasteiger partial charge in [0.1, 0.15) is 0 Å². The highest BCUT2D eigenvalue weighted by Crippen LogP contribution is 2.13. The molecule has 0 saturated carbocycles. The summed E-state index contributed by atoms with van der Waals surface area (Å²) in [6.07, 6.45) is 11.8. The minimum Gasteiger partial charge on any atom is -0.396 e. The molecule has 2 aromatic rings. The third kappa shape index (κ3) is 6.64. The summed E-state index contributed by atoms with van der Waals surface area (Å²) < 4.78 is 1.61. The number of nitrogens with zero attached hydrogens (tertiary/aromatic N) is 1. The average molecular weight is 358 g/mol. The summed E-state index contributed by atoms with van der Waals surface area (Å²) in [5.74, 6) is 0. The lowest BCUT2D eigenvalue weighted by molar-refractivity contribution is 0.282. The van der Waals surface area contributed by atoms with Crippen LogP contribution in [0, 0.1) is 0 Å². The van der Waals surface area contributed by atoms with Crippen molar-refractivity contribution in [2.45, 2.75) is 64.3 Å². The Hall–Kier alpha value is -2.14. The maximum atomic E-state index is 12.1. The Bertz CT molecular complexity index is 750. The van der Waals surface area contributed by atoms with Crippen LogP contribution in [0.3, 0.4) is 0 Å². The first kappa shape index (κ1) is 20.2. The summed E-state index contributed by atoms with van der Waals surface area (Å²) >= 11 is 0. The fourth-order valence-corrected chi connectivity index (χ4v) is 3.13. The predicted octanol–water partition coefficient (Wildman–Crippen LogP) is 3.71. The first-order valence-corrected chi connectivity index (χ1v) is 9.72. The number of unbranched alkanes of at least 4 members (excludes halogenated alkanes) is 8. The number of aryl methyl sites for hydroxylation is 1. The van der Waals surface area contributed by atoms with E-state index < -0.39 is 0 Å². The molecule has 1 heterocycles. The van der Waals surface area contributed by atoms with Crippen LogP contribution in [0.15, 0.2) is 46.1 Å². The van der Waals surface area contributed by atoms with Crippen LogP contribution in [0.5, 0.6) is 0 Å². The number of hydrogen-bond acceptors (Lipinski definition) is 3. The quantitative estimate of drug-likeness (QED) is 0.568. The Morgan fingerprint density at radius 1 is 0.808 bits per heavy atom. The van der Waals surface area contributed by atoms with Crippen molar-refractivity contribution >= 4 is 0 Å². The summed E-state index contributed by atoms with van der Waals surface area (Å²) in [5, 5.41) is 8.73. The highest BCUT2D eigenvalue weighted by atomic mass is 16.3. The molecular formula is C21H30N2O3. The van der Waals surface area contributed by atoms with Crippen molar-refractivity contribution in [2.75, 3.05) is 6.61 Å². The van der Waals surface area contributed by atoms with E-state index in [4.69, 9.17) is 5.11 Å². The molecule has 1 aromatic heterocycles. The average Bonchev–Trinajstić information content (AvgIpc) is 2.65. The molecule has 0 radical (unpaired) electrons. The molecule has 2 rings (SSSR count). The maximum Gasteiger partial charge on any atom is 0.328 e. The van der Waals surface area contributed by atoms with Crippen molar-refractivity contribution in [2.24, 2.45) is 0 Å². The van der Waals surface area contributed by atoms with Gasteiger partial charge in [-0.25, -0.2) is 4.79 Å². The summed E-state index contributed by atoms with van der Waals surface area (Å²) in [6, 6.07) is 9.42. The van der Waals surface area contributed by atoms with Crippen LogP contribution in [0.25, 0.3) is 11.1 Å². The van der Waals surface area contributed by atoms with Crippen LogP contribution in [-0.2, 0) is 6.54 Å². The number of aliphatic hydroxyl groups is 1. The van der Waals surface area contributed by atoms with Gasteiger partial charge in [0.05, 0.1) is 5.56 Å². The summed E-state index contributed by atoms with van der Waals surface area (Å²) in [7, 11) is 0. The van der Waals surface area contributed by atoms with Gasteiger partial charge in [-0.2, -0.15) is 0 Å². The summed E-state index contributed by atoms with van der Waals surface area (Å²) in [5.41, 5.74) is 0.689. The number of benzene rings is 1. The first-order valence-electron chi connectivity index (χ1n) is 9.72. The Morgan fingerprint density at radius 2 is 1.38 bits per heavy atom. The van der Waals surface area contributed by atoms with Crippen molar-refractivity contribution in [1.82, 2.24) is 9.55 Å². The normalized spacial score (nSPS) is 11.0. The third-order valence-electron chi connectivity index (χ3n) is 4.65. The number of aromatic nitrogens is 2. The van der Waals surface area contributed by atoms with E-state index in [0.29, 0.717) is 18.7 Å². The van der Waals surface area contributed by atoms with E-state index in [-0.39, 0.29) is 11.2 Å². The second kappa shape index (κ2) is 11.5. The topological polar surface area (TPSA) is 75.1 Å². The van der Waals surface area contributed by atoms with Gasteiger partial charge in [0.2, 0.25) is 0 Å². The largest absolute Gasteiger partial charge is 0.396 e. The zero-order chi connectivity index (χ0) is 18.6. The smallest absolute Gasteiger partial charge is 0.328 e. The van der Waals surface area contributed by atoms with E-state index in [2.05, 4.69) is 4.98 Å². The third-order valence-corrected chi connectivity index (χ3v) is 4.65. The molecule has 2 N–H and O–H groups in total. The van der Waals surface area contributed by atoms with E-state index in [1.165, 1.54) is 32.1 Å². The van der Waals surface area contributed by atoms with Gasteiger partial charge in [-0.3, -0.25) is 14.3 Å². The second-order valence-corrected chi connectivity index (χ2v) is 6.77. The van der Waals surface area contributed by atoms with Gasteiger partial charge in [0, 0.05) is 19.3 Å².